The van der Waals surface area contributed by atoms with E-state index in [2.05, 4.69) is 40.3 Å². The third-order valence-electron chi connectivity index (χ3n) is 5.02. The molecule has 5 nitrogen and oxygen atoms in total. The summed E-state index contributed by atoms with van der Waals surface area (Å²) >= 11 is 0. The molecule has 1 N–H and O–H groups in total. The fourth-order valence-corrected chi connectivity index (χ4v) is 3.59. The number of ether oxygens (including phenoxy) is 1. The van der Waals surface area contributed by atoms with Crippen molar-refractivity contribution in [1.82, 2.24) is 9.88 Å². The lowest BCUT2D eigenvalue weighted by Gasteiger charge is -2.32. The van der Waals surface area contributed by atoms with Gasteiger partial charge in [-0.2, -0.15) is 0 Å². The topological polar surface area (TPSA) is 54.5 Å². The molecular formula is C20H23N3O2. The van der Waals surface area contributed by atoms with Gasteiger partial charge < -0.3 is 10.1 Å². The molecule has 3 heterocycles. The van der Waals surface area contributed by atoms with Crippen LogP contribution < -0.4 is 10.1 Å². The molecule has 25 heavy (non-hydrogen) atoms. The average Bonchev–Trinajstić information content (AvgIpc) is 2.63. The largest absolute Gasteiger partial charge is 0.482 e. The van der Waals surface area contributed by atoms with Crippen molar-refractivity contribution in [2.75, 3.05) is 25.0 Å². The average molecular weight is 337 g/mol. The molecule has 1 amide bonds. The predicted octanol–water partition coefficient (Wildman–Crippen LogP) is 3.10. The SMILES string of the molecule is Cc1ccc(C2CCN(Cc3ccc4c(c3)NC(=O)CO4)CC2)nc1. The number of carbonyl (C=O) groups is 1. The van der Waals surface area contributed by atoms with E-state index in [1.807, 2.05) is 18.3 Å². The number of carbonyl (C=O) groups excluding carboxylic acids is 1. The lowest BCUT2D eigenvalue weighted by Crippen LogP contribution is -2.32. The van der Waals surface area contributed by atoms with Crippen molar-refractivity contribution in [3.8, 4) is 5.75 Å². The van der Waals surface area contributed by atoms with E-state index in [-0.39, 0.29) is 12.5 Å². The highest BCUT2D eigenvalue weighted by molar-refractivity contribution is 5.95. The number of benzene rings is 1. The van der Waals surface area contributed by atoms with E-state index in [0.717, 1.165) is 43.9 Å². The van der Waals surface area contributed by atoms with Crippen molar-refractivity contribution in [3.05, 3.63) is 53.3 Å². The second-order valence-electron chi connectivity index (χ2n) is 6.98. The van der Waals surface area contributed by atoms with Crippen LogP contribution in [0.2, 0.25) is 0 Å². The Labute approximate surface area is 148 Å². The monoisotopic (exact) mass is 337 g/mol. The maximum absolute atomic E-state index is 11.5. The van der Waals surface area contributed by atoms with E-state index in [4.69, 9.17) is 4.74 Å². The number of fused-ring (bicyclic) bond motifs is 1. The van der Waals surface area contributed by atoms with Gasteiger partial charge in [0.05, 0.1) is 5.69 Å². The van der Waals surface area contributed by atoms with Crippen molar-refractivity contribution in [1.29, 1.82) is 0 Å². The van der Waals surface area contributed by atoms with Gasteiger partial charge in [0.15, 0.2) is 6.61 Å². The molecule has 130 valence electrons. The molecule has 1 saturated heterocycles. The molecule has 2 aliphatic heterocycles. The zero-order valence-electron chi connectivity index (χ0n) is 14.5. The zero-order chi connectivity index (χ0) is 17.2. The summed E-state index contributed by atoms with van der Waals surface area (Å²) < 4.78 is 5.42. The predicted molar refractivity (Wildman–Crippen MR) is 96.8 cm³/mol. The Kier molecular flexibility index (Phi) is 4.40. The molecule has 0 unspecified atom stereocenters. The Morgan fingerprint density at radius 1 is 1.24 bits per heavy atom. The first-order valence-electron chi connectivity index (χ1n) is 8.88. The third kappa shape index (κ3) is 3.66. The summed E-state index contributed by atoms with van der Waals surface area (Å²) in [6.45, 7) is 5.22. The van der Waals surface area contributed by atoms with Gasteiger partial charge in [-0.3, -0.25) is 14.7 Å². The van der Waals surface area contributed by atoms with E-state index in [0.29, 0.717) is 5.92 Å². The molecule has 0 aliphatic carbocycles. The van der Waals surface area contributed by atoms with Gasteiger partial charge in [0.2, 0.25) is 0 Å². The highest BCUT2D eigenvalue weighted by Crippen LogP contribution is 2.31. The molecule has 2 aliphatic rings. The molecule has 0 saturated carbocycles. The minimum Gasteiger partial charge on any atom is -0.482 e. The van der Waals surface area contributed by atoms with Crippen LogP contribution in [0.4, 0.5) is 5.69 Å². The summed E-state index contributed by atoms with van der Waals surface area (Å²) in [5, 5.41) is 2.88. The van der Waals surface area contributed by atoms with Crippen LogP contribution in [0.5, 0.6) is 5.75 Å². The smallest absolute Gasteiger partial charge is 0.262 e. The highest BCUT2D eigenvalue weighted by Gasteiger charge is 2.22. The second kappa shape index (κ2) is 6.84. The van der Waals surface area contributed by atoms with Crippen LogP contribution in [0.3, 0.4) is 0 Å². The number of nitrogens with one attached hydrogen (secondary N) is 1. The summed E-state index contributed by atoms with van der Waals surface area (Å²) in [4.78, 5) is 18.5. The van der Waals surface area contributed by atoms with Gasteiger partial charge in [0.1, 0.15) is 5.75 Å². The molecule has 1 aromatic heterocycles. The molecule has 2 aromatic rings. The Balaban J connectivity index is 1.36. The van der Waals surface area contributed by atoms with Crippen LogP contribution in [-0.4, -0.2) is 35.5 Å². The van der Waals surface area contributed by atoms with Crippen molar-refractivity contribution in [2.24, 2.45) is 0 Å². The lowest BCUT2D eigenvalue weighted by atomic mass is 9.92. The van der Waals surface area contributed by atoms with Crippen LogP contribution in [0.25, 0.3) is 0 Å². The molecule has 0 spiro atoms. The summed E-state index contributed by atoms with van der Waals surface area (Å²) in [5.74, 6) is 1.23. The van der Waals surface area contributed by atoms with Gasteiger partial charge in [0, 0.05) is 24.4 Å². The number of rotatable bonds is 3. The normalized spacial score (nSPS) is 18.4. The van der Waals surface area contributed by atoms with Crippen LogP contribution in [-0.2, 0) is 11.3 Å². The number of amides is 1. The van der Waals surface area contributed by atoms with Crippen LogP contribution in [0.1, 0.15) is 35.6 Å². The number of aromatic nitrogens is 1. The highest BCUT2D eigenvalue weighted by atomic mass is 16.5. The summed E-state index contributed by atoms with van der Waals surface area (Å²) in [7, 11) is 0. The fraction of sp³-hybridized carbons (Fsp3) is 0.400. The number of hydrogen-bond donors (Lipinski definition) is 1. The Bertz CT molecular complexity index is 765. The number of nitrogens with zero attached hydrogens (tertiary/aromatic N) is 2. The zero-order valence-corrected chi connectivity index (χ0v) is 14.5. The standard InChI is InChI=1S/C20H23N3O2/c1-14-2-4-17(21-11-14)16-6-8-23(9-7-16)12-15-3-5-19-18(10-15)22-20(24)13-25-19/h2-5,10-11,16H,6-9,12-13H2,1H3,(H,22,24). The molecule has 0 radical (unpaired) electrons. The molecule has 0 bridgehead atoms. The molecular weight excluding hydrogens is 314 g/mol. The Morgan fingerprint density at radius 3 is 2.84 bits per heavy atom. The minimum absolute atomic E-state index is 0.0870. The van der Waals surface area contributed by atoms with Gasteiger partial charge >= 0.3 is 0 Å². The summed E-state index contributed by atoms with van der Waals surface area (Å²) in [6, 6.07) is 10.4. The first-order valence-corrected chi connectivity index (χ1v) is 8.88. The van der Waals surface area contributed by atoms with E-state index in [1.54, 1.807) is 0 Å². The van der Waals surface area contributed by atoms with Gasteiger partial charge in [-0.15, -0.1) is 0 Å². The van der Waals surface area contributed by atoms with Crippen LogP contribution in [0, 0.1) is 6.92 Å². The maximum atomic E-state index is 11.5. The van der Waals surface area contributed by atoms with E-state index in [9.17, 15) is 4.79 Å². The van der Waals surface area contributed by atoms with Crippen molar-refractivity contribution >= 4 is 11.6 Å². The van der Waals surface area contributed by atoms with Crippen molar-refractivity contribution < 1.29 is 9.53 Å². The number of piperidine rings is 1. The number of pyridine rings is 1. The first kappa shape index (κ1) is 16.1. The Hall–Kier alpha value is -2.40. The third-order valence-corrected chi connectivity index (χ3v) is 5.02. The van der Waals surface area contributed by atoms with Gasteiger partial charge in [0.25, 0.3) is 5.91 Å². The summed E-state index contributed by atoms with van der Waals surface area (Å²) in [6.07, 6.45) is 4.24. The molecule has 4 rings (SSSR count). The molecule has 1 aromatic carbocycles. The molecule has 5 heteroatoms. The van der Waals surface area contributed by atoms with Gasteiger partial charge in [-0.25, -0.2) is 0 Å². The van der Waals surface area contributed by atoms with Crippen LogP contribution >= 0.6 is 0 Å². The van der Waals surface area contributed by atoms with Gasteiger partial charge in [-0.05, 0) is 62.2 Å². The summed E-state index contributed by atoms with van der Waals surface area (Å²) in [5.41, 5.74) is 4.42. The number of anilines is 1. The van der Waals surface area contributed by atoms with Gasteiger partial charge in [-0.1, -0.05) is 12.1 Å². The number of aryl methyl sites for hydroxylation is 1. The van der Waals surface area contributed by atoms with Crippen molar-refractivity contribution in [3.63, 3.8) is 0 Å². The number of hydrogen-bond acceptors (Lipinski definition) is 4. The second-order valence-corrected chi connectivity index (χ2v) is 6.98. The van der Waals surface area contributed by atoms with E-state index >= 15 is 0 Å². The Morgan fingerprint density at radius 2 is 2.08 bits per heavy atom. The van der Waals surface area contributed by atoms with E-state index in [1.165, 1.54) is 16.8 Å². The molecule has 0 atom stereocenters. The minimum atomic E-state index is -0.0870. The lowest BCUT2D eigenvalue weighted by molar-refractivity contribution is -0.118. The first-order chi connectivity index (χ1) is 12.2. The quantitative estimate of drug-likeness (QED) is 0.935. The fourth-order valence-electron chi connectivity index (χ4n) is 3.59. The maximum Gasteiger partial charge on any atom is 0.262 e. The molecule has 1 fully saturated rings. The van der Waals surface area contributed by atoms with Crippen molar-refractivity contribution in [2.45, 2.75) is 32.2 Å². The van der Waals surface area contributed by atoms with E-state index < -0.39 is 0 Å². The number of likely N-dealkylation sites (tertiary alicyclic amines) is 1. The van der Waals surface area contributed by atoms with Crippen LogP contribution in [0.15, 0.2) is 36.5 Å².